The van der Waals surface area contributed by atoms with E-state index in [9.17, 15) is 14.7 Å². The Labute approximate surface area is 222 Å². The van der Waals surface area contributed by atoms with Crippen molar-refractivity contribution in [1.29, 1.82) is 0 Å². The number of para-hydroxylation sites is 1. The van der Waals surface area contributed by atoms with Crippen molar-refractivity contribution in [3.8, 4) is 23.1 Å². The van der Waals surface area contributed by atoms with Gasteiger partial charge in [0.15, 0.2) is 5.56 Å². The number of amides is 1. The van der Waals surface area contributed by atoms with Crippen LogP contribution in [0.1, 0.15) is 60.4 Å². The number of methoxy groups -OCH3 is 2. The Morgan fingerprint density at radius 1 is 1.08 bits per heavy atom. The molecule has 0 aliphatic carbocycles. The molecule has 3 aromatic rings. The third-order valence-corrected chi connectivity index (χ3v) is 6.63. The lowest BCUT2D eigenvalue weighted by Gasteiger charge is -2.23. The van der Waals surface area contributed by atoms with Gasteiger partial charge in [-0.1, -0.05) is 35.9 Å². The van der Waals surface area contributed by atoms with Crippen LogP contribution in [0, 0.1) is 6.92 Å². The summed E-state index contributed by atoms with van der Waals surface area (Å²) < 4.78 is 18.2. The molecule has 1 aliphatic rings. The summed E-state index contributed by atoms with van der Waals surface area (Å²) >= 11 is 0. The van der Waals surface area contributed by atoms with Crippen LogP contribution in [0.25, 0.3) is 5.69 Å². The molecule has 0 bridgehead atoms. The molecule has 1 N–H and O–H groups in total. The van der Waals surface area contributed by atoms with Gasteiger partial charge in [0.25, 0.3) is 11.5 Å². The molecule has 4 rings (SSSR count). The molecule has 1 saturated heterocycles. The molecule has 0 radical (unpaired) electrons. The van der Waals surface area contributed by atoms with Crippen LogP contribution in [0.4, 0.5) is 0 Å². The zero-order chi connectivity index (χ0) is 27.6. The first-order chi connectivity index (χ1) is 18.0. The van der Waals surface area contributed by atoms with E-state index in [0.29, 0.717) is 24.6 Å². The molecule has 1 unspecified atom stereocenters. The summed E-state index contributed by atoms with van der Waals surface area (Å²) in [6, 6.07) is 13.3. The quantitative estimate of drug-likeness (QED) is 0.497. The first-order valence-electron chi connectivity index (χ1n) is 12.6. The van der Waals surface area contributed by atoms with Gasteiger partial charge in [-0.15, -0.1) is 0 Å². The van der Waals surface area contributed by atoms with E-state index in [1.54, 1.807) is 23.1 Å². The zero-order valence-corrected chi connectivity index (χ0v) is 22.8. The minimum absolute atomic E-state index is 0.0960. The molecular formula is C29H35N3O6. The third-order valence-electron chi connectivity index (χ3n) is 6.63. The lowest BCUT2D eigenvalue weighted by Crippen LogP contribution is -2.37. The van der Waals surface area contributed by atoms with Crippen molar-refractivity contribution >= 4 is 5.91 Å². The molecule has 202 valence electrons. The molecule has 1 aliphatic heterocycles. The maximum Gasteiger partial charge on any atom is 0.275 e. The number of benzene rings is 2. The predicted molar refractivity (Wildman–Crippen MR) is 144 cm³/mol. The van der Waals surface area contributed by atoms with Crippen molar-refractivity contribution in [1.82, 2.24) is 14.5 Å². The van der Waals surface area contributed by atoms with Crippen LogP contribution in [0.3, 0.4) is 0 Å². The van der Waals surface area contributed by atoms with Gasteiger partial charge in [-0.05, 0) is 51.8 Å². The standard InChI is InChI=1S/C29H35N3O6/c1-18-10-12-19(13-11-18)20-14-15-31(16-20)27(34)24-26(33)30-23(17-38-29(2,3)4)32(28(24)35)25-21(36-5)8-7-9-22(25)37-6/h7-13,20,33H,14-17H2,1-6H3. The van der Waals surface area contributed by atoms with Crippen LogP contribution in [-0.2, 0) is 11.3 Å². The topological polar surface area (TPSA) is 103 Å². The number of carbonyl (C=O) groups excluding carboxylic acids is 1. The molecule has 1 aromatic heterocycles. The van der Waals surface area contributed by atoms with Crippen molar-refractivity contribution in [2.24, 2.45) is 0 Å². The second-order valence-corrected chi connectivity index (χ2v) is 10.4. The van der Waals surface area contributed by atoms with Crippen LogP contribution in [-0.4, -0.2) is 58.4 Å². The summed E-state index contributed by atoms with van der Waals surface area (Å²) in [4.78, 5) is 33.5. The number of likely N-dealkylation sites (tertiary alicyclic amines) is 1. The molecule has 2 heterocycles. The number of rotatable bonds is 7. The summed E-state index contributed by atoms with van der Waals surface area (Å²) in [6.07, 6.45) is 0.759. The Hall–Kier alpha value is -3.85. The Kier molecular flexibility index (Phi) is 7.78. The number of hydrogen-bond acceptors (Lipinski definition) is 7. The van der Waals surface area contributed by atoms with Gasteiger partial charge in [0, 0.05) is 19.0 Å². The van der Waals surface area contributed by atoms with Gasteiger partial charge < -0.3 is 24.2 Å². The smallest absolute Gasteiger partial charge is 0.275 e. The van der Waals surface area contributed by atoms with E-state index in [0.717, 1.165) is 12.0 Å². The third kappa shape index (κ3) is 5.52. The van der Waals surface area contributed by atoms with E-state index < -0.39 is 28.5 Å². The number of ether oxygens (including phenoxy) is 3. The molecule has 0 spiro atoms. The SMILES string of the molecule is COc1cccc(OC)c1-n1c(COC(C)(C)C)nc(O)c(C(=O)N2CCC(c3ccc(C)cc3)C2)c1=O. The van der Waals surface area contributed by atoms with Crippen molar-refractivity contribution in [2.45, 2.75) is 52.2 Å². The highest BCUT2D eigenvalue weighted by atomic mass is 16.5. The van der Waals surface area contributed by atoms with Crippen LogP contribution in [0.2, 0.25) is 0 Å². The average Bonchev–Trinajstić information content (AvgIpc) is 3.37. The van der Waals surface area contributed by atoms with Gasteiger partial charge in [0.1, 0.15) is 29.6 Å². The first kappa shape index (κ1) is 27.2. The maximum absolute atomic E-state index is 14.0. The summed E-state index contributed by atoms with van der Waals surface area (Å²) in [7, 11) is 2.95. The second-order valence-electron chi connectivity index (χ2n) is 10.4. The minimum atomic E-state index is -0.725. The molecule has 1 atom stereocenters. The first-order valence-corrected chi connectivity index (χ1v) is 12.6. The highest BCUT2D eigenvalue weighted by Gasteiger charge is 2.33. The van der Waals surface area contributed by atoms with E-state index in [1.807, 2.05) is 39.8 Å². The van der Waals surface area contributed by atoms with E-state index >= 15 is 0 Å². The zero-order valence-electron chi connectivity index (χ0n) is 22.8. The van der Waals surface area contributed by atoms with E-state index in [2.05, 4.69) is 17.1 Å². The van der Waals surface area contributed by atoms with E-state index in [1.165, 1.54) is 24.4 Å². The molecule has 0 saturated carbocycles. The molecular weight excluding hydrogens is 486 g/mol. The Morgan fingerprint density at radius 2 is 1.71 bits per heavy atom. The lowest BCUT2D eigenvalue weighted by molar-refractivity contribution is -0.0193. The van der Waals surface area contributed by atoms with Crippen LogP contribution in [0.5, 0.6) is 17.4 Å². The van der Waals surface area contributed by atoms with E-state index in [-0.39, 0.29) is 24.0 Å². The number of aromatic hydroxyl groups is 1. The Morgan fingerprint density at radius 3 is 2.29 bits per heavy atom. The molecule has 1 fully saturated rings. The molecule has 9 heteroatoms. The number of hydrogen-bond donors (Lipinski definition) is 1. The highest BCUT2D eigenvalue weighted by Crippen LogP contribution is 2.34. The fourth-order valence-corrected chi connectivity index (χ4v) is 4.61. The van der Waals surface area contributed by atoms with Gasteiger partial charge in [-0.2, -0.15) is 4.98 Å². The Balaban J connectivity index is 1.80. The molecule has 38 heavy (non-hydrogen) atoms. The van der Waals surface area contributed by atoms with Gasteiger partial charge in [0.05, 0.1) is 19.8 Å². The van der Waals surface area contributed by atoms with Crippen molar-refractivity contribution < 1.29 is 24.1 Å². The van der Waals surface area contributed by atoms with Gasteiger partial charge in [-0.25, -0.2) is 0 Å². The molecule has 9 nitrogen and oxygen atoms in total. The van der Waals surface area contributed by atoms with Crippen LogP contribution >= 0.6 is 0 Å². The fraction of sp³-hybridized carbons (Fsp3) is 0.414. The van der Waals surface area contributed by atoms with Crippen molar-refractivity contribution in [2.75, 3.05) is 27.3 Å². The number of aromatic nitrogens is 2. The summed E-state index contributed by atoms with van der Waals surface area (Å²) in [5, 5.41) is 10.9. The fourth-order valence-electron chi connectivity index (χ4n) is 4.61. The monoisotopic (exact) mass is 521 g/mol. The van der Waals surface area contributed by atoms with Crippen LogP contribution in [0.15, 0.2) is 47.3 Å². The summed E-state index contributed by atoms with van der Waals surface area (Å²) in [5.41, 5.74) is 0.907. The number of aryl methyl sites for hydroxylation is 1. The average molecular weight is 522 g/mol. The van der Waals surface area contributed by atoms with Crippen molar-refractivity contribution in [3.05, 3.63) is 75.3 Å². The number of carbonyl (C=O) groups is 1. The lowest BCUT2D eigenvalue weighted by atomic mass is 9.97. The van der Waals surface area contributed by atoms with Gasteiger partial charge in [0.2, 0.25) is 5.88 Å². The van der Waals surface area contributed by atoms with Crippen LogP contribution < -0.4 is 15.0 Å². The Bertz CT molecular complexity index is 1350. The largest absolute Gasteiger partial charge is 0.494 e. The second kappa shape index (κ2) is 10.9. The minimum Gasteiger partial charge on any atom is -0.494 e. The van der Waals surface area contributed by atoms with Gasteiger partial charge in [-0.3, -0.25) is 14.2 Å². The maximum atomic E-state index is 14.0. The summed E-state index contributed by atoms with van der Waals surface area (Å²) in [5.74, 6) is -0.256. The normalized spacial score (nSPS) is 15.5. The predicted octanol–water partition coefficient (Wildman–Crippen LogP) is 4.21. The molecule has 2 aromatic carbocycles. The van der Waals surface area contributed by atoms with Gasteiger partial charge >= 0.3 is 0 Å². The van der Waals surface area contributed by atoms with E-state index in [4.69, 9.17) is 14.2 Å². The molecule has 1 amide bonds. The summed E-state index contributed by atoms with van der Waals surface area (Å²) in [6.45, 7) is 8.44. The van der Waals surface area contributed by atoms with Crippen molar-refractivity contribution in [3.63, 3.8) is 0 Å². The number of nitrogens with zero attached hydrogens (tertiary/aromatic N) is 3. The highest BCUT2D eigenvalue weighted by molar-refractivity contribution is 5.96.